The normalized spacial score (nSPS) is 12.6. The number of carbonyl (C=O) groups excluding carboxylic acids is 2. The number of amides is 2. The Hall–Kier alpha value is -3.98. The first-order valence-electron chi connectivity index (χ1n) is 9.37. The number of aryl methyl sites for hydroxylation is 1. The topological polar surface area (TPSA) is 93.6 Å². The van der Waals surface area contributed by atoms with Crippen molar-refractivity contribution in [3.05, 3.63) is 65.3 Å². The van der Waals surface area contributed by atoms with Crippen molar-refractivity contribution < 1.29 is 19.1 Å². The maximum Gasteiger partial charge on any atom is 0.350 e. The number of anilines is 3. The second-order valence-corrected chi connectivity index (χ2v) is 7.80. The molecular weight excluding hydrogens is 416 g/mol. The number of ether oxygens (including phenoxy) is 2. The Morgan fingerprint density at radius 1 is 1.13 bits per heavy atom. The van der Waals surface area contributed by atoms with Gasteiger partial charge in [-0.2, -0.15) is 0 Å². The second kappa shape index (κ2) is 7.37. The molecule has 9 heteroatoms. The number of nitrogens with zero attached hydrogens (tertiary/aromatic N) is 3. The summed E-state index contributed by atoms with van der Waals surface area (Å²) in [6.07, 6.45) is 3.21. The number of methoxy groups -OCH3 is 1. The van der Waals surface area contributed by atoms with E-state index in [1.807, 2.05) is 37.3 Å². The smallest absolute Gasteiger partial charge is 0.350 e. The fourth-order valence-electron chi connectivity index (χ4n) is 3.48. The lowest BCUT2D eigenvalue weighted by Crippen LogP contribution is -2.34. The molecule has 0 atom stereocenters. The number of pyridine rings is 2. The van der Waals surface area contributed by atoms with Crippen LogP contribution in [0, 0.1) is 6.92 Å². The minimum absolute atomic E-state index is 0.312. The van der Waals surface area contributed by atoms with E-state index in [4.69, 9.17) is 9.47 Å². The number of thiophene rings is 1. The molecule has 8 nitrogen and oxygen atoms in total. The molecule has 0 saturated carbocycles. The lowest BCUT2D eigenvalue weighted by molar-refractivity contribution is 0.0607. The van der Waals surface area contributed by atoms with Gasteiger partial charge in [0.2, 0.25) is 5.88 Å². The summed E-state index contributed by atoms with van der Waals surface area (Å²) >= 11 is 1.18. The van der Waals surface area contributed by atoms with Crippen LogP contribution < -0.4 is 15.0 Å². The molecule has 154 valence electrons. The van der Waals surface area contributed by atoms with Gasteiger partial charge < -0.3 is 14.8 Å². The number of urea groups is 1. The van der Waals surface area contributed by atoms with Gasteiger partial charge in [-0.3, -0.25) is 4.90 Å². The average molecular weight is 432 g/mol. The van der Waals surface area contributed by atoms with Crippen LogP contribution in [0.3, 0.4) is 0 Å². The van der Waals surface area contributed by atoms with Crippen LogP contribution in [0.5, 0.6) is 11.6 Å². The Morgan fingerprint density at radius 3 is 2.68 bits per heavy atom. The van der Waals surface area contributed by atoms with Crippen molar-refractivity contribution in [2.45, 2.75) is 6.92 Å². The molecule has 1 aliphatic rings. The van der Waals surface area contributed by atoms with E-state index in [1.54, 1.807) is 24.5 Å². The van der Waals surface area contributed by atoms with E-state index < -0.39 is 12.0 Å². The Kier molecular flexibility index (Phi) is 4.52. The lowest BCUT2D eigenvalue weighted by Gasteiger charge is -2.29. The van der Waals surface area contributed by atoms with Crippen molar-refractivity contribution in [3.63, 3.8) is 0 Å². The first-order valence-corrected chi connectivity index (χ1v) is 10.2. The van der Waals surface area contributed by atoms with Crippen molar-refractivity contribution in [2.24, 2.45) is 0 Å². The van der Waals surface area contributed by atoms with Gasteiger partial charge in [0.15, 0.2) is 0 Å². The summed E-state index contributed by atoms with van der Waals surface area (Å²) in [6, 6.07) is 12.5. The van der Waals surface area contributed by atoms with Crippen LogP contribution >= 0.6 is 11.3 Å². The summed E-state index contributed by atoms with van der Waals surface area (Å²) in [5, 5.41) is 3.51. The van der Waals surface area contributed by atoms with Gasteiger partial charge >= 0.3 is 12.0 Å². The minimum atomic E-state index is -0.516. The van der Waals surface area contributed by atoms with Gasteiger partial charge in [-0.25, -0.2) is 19.6 Å². The Bertz CT molecular complexity index is 1340. The maximum absolute atomic E-state index is 13.1. The first kappa shape index (κ1) is 19.0. The van der Waals surface area contributed by atoms with Gasteiger partial charge in [0, 0.05) is 12.3 Å². The van der Waals surface area contributed by atoms with Gasteiger partial charge in [-0.15, -0.1) is 11.3 Å². The average Bonchev–Trinajstić information content (AvgIpc) is 3.14. The highest BCUT2D eigenvalue weighted by molar-refractivity contribution is 7.21. The van der Waals surface area contributed by atoms with Crippen LogP contribution in [0.25, 0.3) is 10.2 Å². The van der Waals surface area contributed by atoms with Crippen LogP contribution in [0.15, 0.2) is 54.9 Å². The molecule has 0 aliphatic carbocycles. The molecule has 31 heavy (non-hydrogen) atoms. The summed E-state index contributed by atoms with van der Waals surface area (Å²) in [7, 11) is 1.30. The highest BCUT2D eigenvalue weighted by atomic mass is 32.1. The van der Waals surface area contributed by atoms with Gasteiger partial charge in [-0.05, 0) is 30.7 Å². The zero-order chi connectivity index (χ0) is 21.5. The lowest BCUT2D eigenvalue weighted by atomic mass is 10.1. The number of esters is 1. The van der Waals surface area contributed by atoms with Gasteiger partial charge in [-0.1, -0.05) is 18.2 Å². The molecule has 1 aliphatic heterocycles. The van der Waals surface area contributed by atoms with E-state index in [1.165, 1.54) is 23.3 Å². The monoisotopic (exact) mass is 432 g/mol. The van der Waals surface area contributed by atoms with E-state index in [2.05, 4.69) is 15.3 Å². The molecule has 0 unspecified atom stereocenters. The molecule has 4 heterocycles. The van der Waals surface area contributed by atoms with Crippen molar-refractivity contribution in [1.29, 1.82) is 0 Å². The third-order valence-corrected chi connectivity index (χ3v) is 5.96. The van der Waals surface area contributed by atoms with Gasteiger partial charge in [0.1, 0.15) is 15.5 Å². The number of hydrogen-bond acceptors (Lipinski definition) is 7. The number of nitrogens with one attached hydrogen (secondary N) is 1. The molecule has 0 bridgehead atoms. The van der Waals surface area contributed by atoms with Crippen LogP contribution in [0.4, 0.5) is 21.9 Å². The van der Waals surface area contributed by atoms with Crippen LogP contribution in [-0.4, -0.2) is 29.1 Å². The highest BCUT2D eigenvalue weighted by Crippen LogP contribution is 2.46. The summed E-state index contributed by atoms with van der Waals surface area (Å²) < 4.78 is 10.6. The minimum Gasteiger partial charge on any atom is -0.465 e. The number of benzene rings is 1. The predicted molar refractivity (Wildman–Crippen MR) is 118 cm³/mol. The summed E-state index contributed by atoms with van der Waals surface area (Å²) in [5.74, 6) is 0.582. The molecular formula is C22H16N4O4S. The number of hydrogen-bond donors (Lipinski definition) is 1. The van der Waals surface area contributed by atoms with E-state index in [0.29, 0.717) is 43.8 Å². The standard InChI is InChI=1S/C22H16N4O4S/c1-12-10-16(30-13-6-4-3-5-7-13)24-11-15(12)26-14-8-9-23-20-17(14)18(25-22(26)28)19(31-20)21(27)29-2/h3-11H,1-2H3,(H,25,28). The highest BCUT2D eigenvalue weighted by Gasteiger charge is 2.33. The molecule has 5 rings (SSSR count). The fraction of sp³-hybridized carbons (Fsp3) is 0.0909. The number of para-hydroxylation sites is 1. The number of rotatable bonds is 4. The third-order valence-electron chi connectivity index (χ3n) is 4.88. The summed E-state index contributed by atoms with van der Waals surface area (Å²) in [4.78, 5) is 36.5. The largest absolute Gasteiger partial charge is 0.465 e. The predicted octanol–water partition coefficient (Wildman–Crippen LogP) is 5.26. The molecule has 0 radical (unpaired) electrons. The summed E-state index contributed by atoms with van der Waals surface area (Å²) in [5.41, 5.74) is 2.44. The fourth-order valence-corrected chi connectivity index (χ4v) is 4.52. The molecule has 0 fully saturated rings. The zero-order valence-corrected chi connectivity index (χ0v) is 17.4. The van der Waals surface area contributed by atoms with E-state index in [9.17, 15) is 9.59 Å². The molecule has 1 aromatic carbocycles. The van der Waals surface area contributed by atoms with Crippen molar-refractivity contribution >= 4 is 50.6 Å². The zero-order valence-electron chi connectivity index (χ0n) is 16.6. The second-order valence-electron chi connectivity index (χ2n) is 6.80. The van der Waals surface area contributed by atoms with E-state index >= 15 is 0 Å². The molecule has 4 aromatic rings. The number of carbonyl (C=O) groups is 2. The summed E-state index contributed by atoms with van der Waals surface area (Å²) in [6.45, 7) is 1.88. The Morgan fingerprint density at radius 2 is 1.94 bits per heavy atom. The third kappa shape index (κ3) is 3.15. The van der Waals surface area contributed by atoms with Crippen LogP contribution in [0.2, 0.25) is 0 Å². The molecule has 1 N–H and O–H groups in total. The first-order chi connectivity index (χ1) is 15.1. The van der Waals surface area contributed by atoms with Gasteiger partial charge in [0.25, 0.3) is 0 Å². The van der Waals surface area contributed by atoms with Crippen LogP contribution in [0.1, 0.15) is 15.2 Å². The van der Waals surface area contributed by atoms with Gasteiger partial charge in [0.05, 0.1) is 35.8 Å². The number of aromatic nitrogens is 2. The molecule has 3 aromatic heterocycles. The van der Waals surface area contributed by atoms with Crippen molar-refractivity contribution in [1.82, 2.24) is 9.97 Å². The Labute approximate surface area is 181 Å². The SMILES string of the molecule is COC(=O)c1sc2nccc3c2c1NC(=O)N3c1cnc(Oc2ccccc2)cc1C. The van der Waals surface area contributed by atoms with Crippen molar-refractivity contribution in [3.8, 4) is 11.6 Å². The molecule has 2 amide bonds. The maximum atomic E-state index is 13.1. The quantitative estimate of drug-likeness (QED) is 0.442. The Balaban J connectivity index is 1.58. The van der Waals surface area contributed by atoms with Crippen LogP contribution in [-0.2, 0) is 4.74 Å². The molecule has 0 saturated heterocycles. The van der Waals surface area contributed by atoms with Crippen molar-refractivity contribution in [2.75, 3.05) is 17.3 Å². The van der Waals surface area contributed by atoms with E-state index in [-0.39, 0.29) is 0 Å². The van der Waals surface area contributed by atoms with E-state index in [0.717, 1.165) is 5.56 Å². The molecule has 0 spiro atoms.